The first-order valence-electron chi connectivity index (χ1n) is 5.67. The molecule has 0 spiro atoms. The van der Waals surface area contributed by atoms with Crippen LogP contribution in [0, 0.1) is 0 Å². The molecule has 0 aliphatic carbocycles. The lowest BCUT2D eigenvalue weighted by Crippen LogP contribution is -2.37. The Morgan fingerprint density at radius 1 is 1.62 bits per heavy atom. The number of cyclic esters (lactones) is 1. The zero-order valence-corrected chi connectivity index (χ0v) is 10.5. The lowest BCUT2D eigenvalue weighted by molar-refractivity contribution is -0.144. The van der Waals surface area contributed by atoms with Crippen molar-refractivity contribution in [1.82, 2.24) is 4.90 Å². The molecule has 0 aromatic carbocycles. The lowest BCUT2D eigenvalue weighted by Gasteiger charge is -2.23. The molecular formula is C12H17NO2S. The minimum atomic E-state index is -0.0640. The Morgan fingerprint density at radius 2 is 2.44 bits per heavy atom. The first-order chi connectivity index (χ1) is 7.70. The zero-order chi connectivity index (χ0) is 11.5. The highest BCUT2D eigenvalue weighted by Crippen LogP contribution is 2.22. The summed E-state index contributed by atoms with van der Waals surface area (Å²) in [4.78, 5) is 15.1. The van der Waals surface area contributed by atoms with Crippen LogP contribution in [0.15, 0.2) is 17.5 Å². The summed E-state index contributed by atoms with van der Waals surface area (Å²) in [5.41, 5.74) is 0. The van der Waals surface area contributed by atoms with E-state index < -0.39 is 0 Å². The first-order valence-corrected chi connectivity index (χ1v) is 6.55. The molecule has 16 heavy (non-hydrogen) atoms. The van der Waals surface area contributed by atoms with Crippen molar-refractivity contribution in [2.45, 2.75) is 39.0 Å². The fourth-order valence-electron chi connectivity index (χ4n) is 2.08. The molecule has 0 amide bonds. The van der Waals surface area contributed by atoms with Gasteiger partial charge in [0.25, 0.3) is 0 Å². The molecule has 0 radical (unpaired) electrons. The van der Waals surface area contributed by atoms with Gasteiger partial charge in [0.05, 0.1) is 0 Å². The van der Waals surface area contributed by atoms with Crippen LogP contribution in [0.25, 0.3) is 0 Å². The third kappa shape index (κ3) is 2.44. The van der Waals surface area contributed by atoms with Gasteiger partial charge in [-0.25, -0.2) is 0 Å². The van der Waals surface area contributed by atoms with Crippen LogP contribution in [-0.4, -0.2) is 29.6 Å². The van der Waals surface area contributed by atoms with Crippen LogP contribution in [0.2, 0.25) is 0 Å². The van der Waals surface area contributed by atoms with E-state index in [-0.39, 0.29) is 18.1 Å². The van der Waals surface area contributed by atoms with Crippen molar-refractivity contribution in [3.05, 3.63) is 22.4 Å². The van der Waals surface area contributed by atoms with Crippen molar-refractivity contribution in [1.29, 1.82) is 0 Å². The molecule has 0 saturated carbocycles. The van der Waals surface area contributed by atoms with E-state index in [0.717, 1.165) is 19.5 Å². The van der Waals surface area contributed by atoms with Gasteiger partial charge in [-0.3, -0.25) is 9.69 Å². The highest BCUT2D eigenvalue weighted by atomic mass is 32.1. The quantitative estimate of drug-likeness (QED) is 0.755. The van der Waals surface area contributed by atoms with Crippen molar-refractivity contribution >= 4 is 17.3 Å². The minimum absolute atomic E-state index is 0.0536. The molecule has 1 aliphatic heterocycles. The Kier molecular flexibility index (Phi) is 3.61. The molecule has 1 aliphatic rings. The van der Waals surface area contributed by atoms with E-state index >= 15 is 0 Å². The van der Waals surface area contributed by atoms with E-state index in [2.05, 4.69) is 23.3 Å². The highest BCUT2D eigenvalue weighted by molar-refractivity contribution is 7.09. The fourth-order valence-corrected chi connectivity index (χ4v) is 2.81. The number of carbonyl (C=O) groups is 1. The van der Waals surface area contributed by atoms with Crippen molar-refractivity contribution in [3.8, 4) is 0 Å². The van der Waals surface area contributed by atoms with E-state index in [1.807, 2.05) is 13.0 Å². The van der Waals surface area contributed by atoms with E-state index in [1.165, 1.54) is 4.88 Å². The summed E-state index contributed by atoms with van der Waals surface area (Å²) in [6.45, 7) is 5.77. The van der Waals surface area contributed by atoms with Crippen LogP contribution >= 0.6 is 11.3 Å². The largest absolute Gasteiger partial charge is 0.461 e. The Balaban J connectivity index is 2.02. The number of likely N-dealkylation sites (N-methyl/N-ethyl adjacent to an activating group) is 1. The topological polar surface area (TPSA) is 29.5 Å². The summed E-state index contributed by atoms with van der Waals surface area (Å²) in [6.07, 6.45) is 0.882. The summed E-state index contributed by atoms with van der Waals surface area (Å²) in [5.74, 6) is -0.0640. The van der Waals surface area contributed by atoms with Gasteiger partial charge in [0.15, 0.2) is 0 Å². The number of nitrogens with zero attached hydrogens (tertiary/aromatic N) is 1. The van der Waals surface area contributed by atoms with Crippen molar-refractivity contribution in [2.75, 3.05) is 6.54 Å². The Bertz CT molecular complexity index is 350. The lowest BCUT2D eigenvalue weighted by atomic mass is 10.1. The first kappa shape index (κ1) is 11.6. The Labute approximate surface area is 100 Å². The zero-order valence-electron chi connectivity index (χ0n) is 9.68. The highest BCUT2D eigenvalue weighted by Gasteiger charge is 2.35. The van der Waals surface area contributed by atoms with Crippen LogP contribution in [-0.2, 0) is 16.1 Å². The van der Waals surface area contributed by atoms with Crippen molar-refractivity contribution in [2.24, 2.45) is 0 Å². The molecule has 88 valence electrons. The molecule has 1 fully saturated rings. The minimum Gasteiger partial charge on any atom is -0.461 e. The van der Waals surface area contributed by atoms with Crippen LogP contribution in [0.5, 0.6) is 0 Å². The number of carbonyl (C=O) groups excluding carboxylic acids is 1. The fraction of sp³-hybridized carbons (Fsp3) is 0.583. The Hall–Kier alpha value is -0.870. The van der Waals surface area contributed by atoms with E-state index in [1.54, 1.807) is 11.3 Å². The average Bonchev–Trinajstić information content (AvgIpc) is 2.85. The second-order valence-electron chi connectivity index (χ2n) is 4.14. The Morgan fingerprint density at radius 3 is 2.94 bits per heavy atom. The maximum Gasteiger partial charge on any atom is 0.323 e. The van der Waals surface area contributed by atoms with Crippen LogP contribution < -0.4 is 0 Å². The molecule has 1 aromatic heterocycles. The molecule has 3 nitrogen and oxygen atoms in total. The summed E-state index contributed by atoms with van der Waals surface area (Å²) in [6, 6.07) is 4.10. The third-order valence-electron chi connectivity index (χ3n) is 2.93. The van der Waals surface area contributed by atoms with E-state index in [9.17, 15) is 4.79 Å². The second-order valence-corrected chi connectivity index (χ2v) is 5.17. The molecule has 0 N–H and O–H groups in total. The van der Waals surface area contributed by atoms with E-state index in [0.29, 0.717) is 0 Å². The molecule has 2 heterocycles. The molecule has 1 saturated heterocycles. The number of esters is 1. The van der Waals surface area contributed by atoms with Crippen LogP contribution in [0.4, 0.5) is 0 Å². The molecule has 2 unspecified atom stereocenters. The van der Waals surface area contributed by atoms with Crippen molar-refractivity contribution in [3.63, 3.8) is 0 Å². The van der Waals surface area contributed by atoms with Crippen molar-refractivity contribution < 1.29 is 9.53 Å². The van der Waals surface area contributed by atoms with Gasteiger partial charge >= 0.3 is 5.97 Å². The molecule has 2 atom stereocenters. The maximum atomic E-state index is 11.7. The predicted octanol–water partition coefficient (Wildman–Crippen LogP) is 2.27. The number of hydrogen-bond donors (Lipinski definition) is 0. The monoisotopic (exact) mass is 239 g/mol. The summed E-state index contributed by atoms with van der Waals surface area (Å²) >= 11 is 1.73. The van der Waals surface area contributed by atoms with Gasteiger partial charge in [0.1, 0.15) is 12.1 Å². The number of rotatable bonds is 4. The normalized spacial score (nSPS) is 25.1. The third-order valence-corrected chi connectivity index (χ3v) is 3.79. The van der Waals surface area contributed by atoms with Gasteiger partial charge in [-0.15, -0.1) is 11.3 Å². The predicted molar refractivity (Wildman–Crippen MR) is 64.4 cm³/mol. The standard InChI is InChI=1S/C12H17NO2S/c1-3-13(8-10-5-4-6-16-10)11-7-9(2)15-12(11)14/h4-6,9,11H,3,7-8H2,1-2H3. The van der Waals surface area contributed by atoms with Gasteiger partial charge in [0, 0.05) is 17.8 Å². The van der Waals surface area contributed by atoms with Gasteiger partial charge in [0.2, 0.25) is 0 Å². The summed E-state index contributed by atoms with van der Waals surface area (Å²) < 4.78 is 5.20. The molecule has 2 rings (SSSR count). The SMILES string of the molecule is CCN(Cc1cccs1)C1CC(C)OC1=O. The molecule has 4 heteroatoms. The maximum absolute atomic E-state index is 11.7. The summed E-state index contributed by atoms with van der Waals surface area (Å²) in [5, 5.41) is 2.07. The van der Waals surface area contributed by atoms with E-state index in [4.69, 9.17) is 4.74 Å². The smallest absolute Gasteiger partial charge is 0.323 e. The summed E-state index contributed by atoms with van der Waals surface area (Å²) in [7, 11) is 0. The molecule has 1 aromatic rings. The molecular weight excluding hydrogens is 222 g/mol. The van der Waals surface area contributed by atoms with Gasteiger partial charge in [-0.05, 0) is 24.9 Å². The number of hydrogen-bond acceptors (Lipinski definition) is 4. The van der Waals surface area contributed by atoms with Crippen LogP contribution in [0.3, 0.4) is 0 Å². The average molecular weight is 239 g/mol. The van der Waals surface area contributed by atoms with Gasteiger partial charge in [-0.2, -0.15) is 0 Å². The van der Waals surface area contributed by atoms with Gasteiger partial charge in [-0.1, -0.05) is 13.0 Å². The van der Waals surface area contributed by atoms with Crippen LogP contribution in [0.1, 0.15) is 25.1 Å². The number of thiophene rings is 1. The number of ether oxygens (including phenoxy) is 1. The molecule has 0 bridgehead atoms. The second kappa shape index (κ2) is 4.97. The van der Waals surface area contributed by atoms with Gasteiger partial charge < -0.3 is 4.74 Å².